The molecule has 0 atom stereocenters. The molecule has 2 heterocycles. The summed E-state index contributed by atoms with van der Waals surface area (Å²) in [5.74, 6) is 0.199. The van der Waals surface area contributed by atoms with Gasteiger partial charge in [0.2, 0.25) is 0 Å². The first-order valence-electron chi connectivity index (χ1n) is 9.35. The lowest BCUT2D eigenvalue weighted by Gasteiger charge is -2.20. The van der Waals surface area contributed by atoms with Gasteiger partial charge in [0.25, 0.3) is 0 Å². The standard InChI is InChI=1S/C22H21F3N2O/c1-15-11-21(27-9-2-3-10-27)19-8-7-16(12-20(19)26-15)14-28-18-6-4-5-17(13-18)22(23,24)25/h4-8,11-13H,2-3,9-10,14H2,1H3. The third-order valence-corrected chi connectivity index (χ3v) is 4.99. The predicted molar refractivity (Wildman–Crippen MR) is 104 cm³/mol. The maximum absolute atomic E-state index is 12.8. The first-order chi connectivity index (χ1) is 13.4. The highest BCUT2D eigenvalue weighted by molar-refractivity contribution is 5.92. The third kappa shape index (κ3) is 3.91. The number of benzene rings is 2. The molecule has 1 aliphatic rings. The molecule has 3 nitrogen and oxygen atoms in total. The molecule has 0 amide bonds. The molecule has 4 rings (SSSR count). The molecule has 1 aliphatic heterocycles. The molecule has 2 aromatic carbocycles. The molecule has 0 saturated carbocycles. The zero-order valence-corrected chi connectivity index (χ0v) is 15.6. The molecule has 1 fully saturated rings. The lowest BCUT2D eigenvalue weighted by Crippen LogP contribution is -2.18. The Morgan fingerprint density at radius 3 is 2.57 bits per heavy atom. The van der Waals surface area contributed by atoms with Crippen LogP contribution >= 0.6 is 0 Å². The Bertz CT molecular complexity index is 995. The number of aryl methyl sites for hydroxylation is 1. The molecule has 0 radical (unpaired) electrons. The van der Waals surface area contributed by atoms with E-state index >= 15 is 0 Å². The normalized spacial score (nSPS) is 14.6. The molecule has 0 N–H and O–H groups in total. The van der Waals surface area contributed by atoms with Crippen LogP contribution in [0, 0.1) is 6.92 Å². The average Bonchev–Trinajstić information content (AvgIpc) is 3.19. The Morgan fingerprint density at radius 1 is 1.04 bits per heavy atom. The van der Waals surface area contributed by atoms with Gasteiger partial charge in [-0.05, 0) is 55.7 Å². The molecule has 146 valence electrons. The zero-order valence-electron chi connectivity index (χ0n) is 15.6. The summed E-state index contributed by atoms with van der Waals surface area (Å²) >= 11 is 0. The number of hydrogen-bond acceptors (Lipinski definition) is 3. The summed E-state index contributed by atoms with van der Waals surface area (Å²) in [6, 6.07) is 13.0. The number of anilines is 1. The van der Waals surface area contributed by atoms with Crippen LogP contribution in [-0.2, 0) is 12.8 Å². The minimum Gasteiger partial charge on any atom is -0.489 e. The molecular weight excluding hydrogens is 365 g/mol. The largest absolute Gasteiger partial charge is 0.489 e. The second-order valence-corrected chi connectivity index (χ2v) is 7.14. The van der Waals surface area contributed by atoms with E-state index in [2.05, 4.69) is 16.0 Å². The number of halogens is 3. The Balaban J connectivity index is 1.57. The van der Waals surface area contributed by atoms with Gasteiger partial charge in [-0.25, -0.2) is 0 Å². The molecule has 0 spiro atoms. The van der Waals surface area contributed by atoms with Crippen LogP contribution in [0.15, 0.2) is 48.5 Å². The average molecular weight is 386 g/mol. The van der Waals surface area contributed by atoms with Gasteiger partial charge in [-0.15, -0.1) is 0 Å². The van der Waals surface area contributed by atoms with Gasteiger partial charge < -0.3 is 9.64 Å². The Kier molecular flexibility index (Phi) is 4.87. The highest BCUT2D eigenvalue weighted by atomic mass is 19.4. The minimum atomic E-state index is -4.38. The Labute approximate surface area is 161 Å². The van der Waals surface area contributed by atoms with E-state index in [-0.39, 0.29) is 12.4 Å². The minimum absolute atomic E-state index is 0.186. The van der Waals surface area contributed by atoms with Crippen LogP contribution in [0.4, 0.5) is 18.9 Å². The number of alkyl halides is 3. The molecule has 0 aliphatic carbocycles. The Hall–Kier alpha value is -2.76. The fraction of sp³-hybridized carbons (Fsp3) is 0.318. The lowest BCUT2D eigenvalue weighted by molar-refractivity contribution is -0.137. The van der Waals surface area contributed by atoms with Crippen LogP contribution in [0.3, 0.4) is 0 Å². The fourth-order valence-corrected chi connectivity index (χ4v) is 3.62. The number of nitrogens with zero attached hydrogens (tertiary/aromatic N) is 2. The maximum atomic E-state index is 12.8. The van der Waals surface area contributed by atoms with Gasteiger partial charge >= 0.3 is 6.18 Å². The van der Waals surface area contributed by atoms with Crippen LogP contribution in [0.2, 0.25) is 0 Å². The van der Waals surface area contributed by atoms with Crippen LogP contribution < -0.4 is 9.64 Å². The van der Waals surface area contributed by atoms with Gasteiger partial charge in [0, 0.05) is 29.9 Å². The molecule has 0 unspecified atom stereocenters. The quantitative estimate of drug-likeness (QED) is 0.572. The summed E-state index contributed by atoms with van der Waals surface area (Å²) in [5.41, 5.74) is 3.19. The van der Waals surface area contributed by atoms with Crippen molar-refractivity contribution in [2.45, 2.75) is 32.5 Å². The summed E-state index contributed by atoms with van der Waals surface area (Å²) in [5, 5.41) is 1.09. The van der Waals surface area contributed by atoms with Crippen molar-refractivity contribution in [3.63, 3.8) is 0 Å². The summed E-state index contributed by atoms with van der Waals surface area (Å²) in [6.45, 7) is 4.27. The van der Waals surface area contributed by atoms with Gasteiger partial charge in [-0.2, -0.15) is 13.2 Å². The zero-order chi connectivity index (χ0) is 19.7. The van der Waals surface area contributed by atoms with Gasteiger partial charge in [0.1, 0.15) is 12.4 Å². The van der Waals surface area contributed by atoms with Crippen molar-refractivity contribution in [1.29, 1.82) is 0 Å². The van der Waals surface area contributed by atoms with Crippen molar-refractivity contribution in [1.82, 2.24) is 4.98 Å². The van der Waals surface area contributed by atoms with Crippen molar-refractivity contribution in [3.05, 3.63) is 65.4 Å². The van der Waals surface area contributed by atoms with Gasteiger partial charge in [-0.3, -0.25) is 4.98 Å². The van der Waals surface area contributed by atoms with E-state index in [1.165, 1.54) is 30.7 Å². The number of rotatable bonds is 4. The van der Waals surface area contributed by atoms with Crippen LogP contribution in [0.5, 0.6) is 5.75 Å². The van der Waals surface area contributed by atoms with E-state index in [0.29, 0.717) is 0 Å². The van der Waals surface area contributed by atoms with Gasteiger partial charge in [0.15, 0.2) is 0 Å². The van der Waals surface area contributed by atoms with E-state index in [1.807, 2.05) is 25.1 Å². The number of pyridine rings is 1. The number of aromatic nitrogens is 1. The monoisotopic (exact) mass is 386 g/mol. The second kappa shape index (κ2) is 7.34. The number of ether oxygens (including phenoxy) is 1. The van der Waals surface area contributed by atoms with Crippen molar-refractivity contribution < 1.29 is 17.9 Å². The first kappa shape index (κ1) is 18.6. The van der Waals surface area contributed by atoms with Crippen molar-refractivity contribution in [2.24, 2.45) is 0 Å². The SMILES string of the molecule is Cc1cc(N2CCCC2)c2ccc(COc3cccc(C(F)(F)F)c3)cc2n1. The molecule has 1 saturated heterocycles. The summed E-state index contributed by atoms with van der Waals surface area (Å²) in [6.07, 6.45) is -1.98. The van der Waals surface area contributed by atoms with E-state index in [0.717, 1.165) is 47.4 Å². The fourth-order valence-electron chi connectivity index (χ4n) is 3.62. The van der Waals surface area contributed by atoms with Crippen molar-refractivity contribution in [2.75, 3.05) is 18.0 Å². The topological polar surface area (TPSA) is 25.4 Å². The molecule has 0 bridgehead atoms. The second-order valence-electron chi connectivity index (χ2n) is 7.14. The highest BCUT2D eigenvalue weighted by Gasteiger charge is 2.30. The summed E-state index contributed by atoms with van der Waals surface area (Å²) in [4.78, 5) is 7.02. The lowest BCUT2D eigenvalue weighted by atomic mass is 10.1. The molecular formula is C22H21F3N2O. The van der Waals surface area contributed by atoms with Gasteiger partial charge in [-0.1, -0.05) is 18.2 Å². The van der Waals surface area contributed by atoms with E-state index in [9.17, 15) is 13.2 Å². The van der Waals surface area contributed by atoms with Crippen LogP contribution in [-0.4, -0.2) is 18.1 Å². The molecule has 6 heteroatoms. The third-order valence-electron chi connectivity index (χ3n) is 4.99. The highest BCUT2D eigenvalue weighted by Crippen LogP contribution is 2.32. The maximum Gasteiger partial charge on any atom is 0.416 e. The smallest absolute Gasteiger partial charge is 0.416 e. The van der Waals surface area contributed by atoms with E-state index in [1.54, 1.807) is 0 Å². The van der Waals surface area contributed by atoms with Crippen molar-refractivity contribution >= 4 is 16.6 Å². The van der Waals surface area contributed by atoms with E-state index < -0.39 is 11.7 Å². The summed E-state index contributed by atoms with van der Waals surface area (Å²) < 4.78 is 44.1. The number of hydrogen-bond donors (Lipinski definition) is 0. The van der Waals surface area contributed by atoms with Crippen LogP contribution in [0.25, 0.3) is 10.9 Å². The molecule has 1 aromatic heterocycles. The van der Waals surface area contributed by atoms with Gasteiger partial charge in [0.05, 0.1) is 11.1 Å². The number of fused-ring (bicyclic) bond motifs is 1. The van der Waals surface area contributed by atoms with E-state index in [4.69, 9.17) is 4.74 Å². The van der Waals surface area contributed by atoms with Crippen LogP contribution in [0.1, 0.15) is 29.7 Å². The molecule has 3 aromatic rings. The Morgan fingerprint density at radius 2 is 1.82 bits per heavy atom. The first-order valence-corrected chi connectivity index (χ1v) is 9.35. The van der Waals surface area contributed by atoms with Crippen molar-refractivity contribution in [3.8, 4) is 5.75 Å². The predicted octanol–water partition coefficient (Wildman–Crippen LogP) is 5.74. The summed E-state index contributed by atoms with van der Waals surface area (Å²) in [7, 11) is 0. The molecule has 28 heavy (non-hydrogen) atoms.